The van der Waals surface area contributed by atoms with E-state index in [9.17, 15) is 10.2 Å². The van der Waals surface area contributed by atoms with Crippen LogP contribution in [-0.2, 0) is 6.42 Å². The zero-order chi connectivity index (χ0) is 9.14. The van der Waals surface area contributed by atoms with Gasteiger partial charge in [0.05, 0.1) is 0 Å². The predicted molar refractivity (Wildman–Crippen MR) is 44.0 cm³/mol. The number of phenols is 2. The summed E-state index contributed by atoms with van der Waals surface area (Å²) in [5.74, 6) is 0.000880. The first-order valence-electron chi connectivity index (χ1n) is 3.62. The standard InChI is InChI=1S/C8H10N2O2/c1-2-5-6(11)3-4-7(12)8(5)10-9/h3-4,9,11-12H,2H2,1H3. The Hall–Kier alpha value is -1.58. The van der Waals surface area contributed by atoms with E-state index >= 15 is 0 Å². The Morgan fingerprint density at radius 3 is 2.33 bits per heavy atom. The molecule has 4 heteroatoms. The van der Waals surface area contributed by atoms with Gasteiger partial charge in [-0.15, -0.1) is 0 Å². The van der Waals surface area contributed by atoms with Crippen molar-refractivity contribution < 1.29 is 10.2 Å². The molecule has 0 saturated heterocycles. The van der Waals surface area contributed by atoms with Crippen molar-refractivity contribution in [3.05, 3.63) is 17.7 Å². The van der Waals surface area contributed by atoms with Gasteiger partial charge in [0.1, 0.15) is 17.2 Å². The predicted octanol–water partition coefficient (Wildman–Crippen LogP) is 2.32. The van der Waals surface area contributed by atoms with Crippen molar-refractivity contribution in [3.8, 4) is 11.5 Å². The molecule has 0 aliphatic carbocycles. The molecule has 0 aliphatic rings. The quantitative estimate of drug-likeness (QED) is 0.465. The highest BCUT2D eigenvalue weighted by molar-refractivity contribution is 5.61. The molecule has 0 atom stereocenters. The van der Waals surface area contributed by atoms with Crippen molar-refractivity contribution in [1.82, 2.24) is 0 Å². The summed E-state index contributed by atoms with van der Waals surface area (Å²) in [4.78, 5) is 0. The Bertz CT molecular complexity index is 310. The van der Waals surface area contributed by atoms with Gasteiger partial charge in [0, 0.05) is 5.56 Å². The van der Waals surface area contributed by atoms with Crippen molar-refractivity contribution in [2.75, 3.05) is 0 Å². The van der Waals surface area contributed by atoms with Crippen LogP contribution in [0.15, 0.2) is 17.2 Å². The summed E-state index contributed by atoms with van der Waals surface area (Å²) in [6.45, 7) is 1.82. The van der Waals surface area contributed by atoms with Gasteiger partial charge in [0.15, 0.2) is 0 Å². The van der Waals surface area contributed by atoms with Crippen LogP contribution in [-0.4, -0.2) is 10.2 Å². The first kappa shape index (κ1) is 8.52. The fourth-order valence-electron chi connectivity index (χ4n) is 1.09. The van der Waals surface area contributed by atoms with Gasteiger partial charge in [-0.3, -0.25) is 0 Å². The molecule has 4 nitrogen and oxygen atoms in total. The molecule has 1 rings (SSSR count). The van der Waals surface area contributed by atoms with Gasteiger partial charge in [0.25, 0.3) is 0 Å². The maximum atomic E-state index is 9.29. The Morgan fingerprint density at radius 2 is 1.92 bits per heavy atom. The molecule has 0 aliphatic heterocycles. The molecule has 3 N–H and O–H groups in total. The fourth-order valence-corrected chi connectivity index (χ4v) is 1.09. The molecule has 0 fully saturated rings. The molecule has 0 unspecified atom stereocenters. The van der Waals surface area contributed by atoms with Gasteiger partial charge in [-0.25, -0.2) is 5.53 Å². The summed E-state index contributed by atoms with van der Waals surface area (Å²) in [6, 6.07) is 2.71. The maximum absolute atomic E-state index is 9.29. The van der Waals surface area contributed by atoms with Crippen molar-refractivity contribution in [3.63, 3.8) is 0 Å². The smallest absolute Gasteiger partial charge is 0.143 e. The summed E-state index contributed by atoms with van der Waals surface area (Å²) in [5, 5.41) is 21.7. The lowest BCUT2D eigenvalue weighted by Crippen LogP contribution is -1.82. The van der Waals surface area contributed by atoms with Crippen LogP contribution in [0.3, 0.4) is 0 Å². The molecule has 64 valence electrons. The minimum atomic E-state index is -0.0698. The van der Waals surface area contributed by atoms with Crippen LogP contribution in [0.25, 0.3) is 0 Å². The van der Waals surface area contributed by atoms with Crippen molar-refractivity contribution in [2.45, 2.75) is 13.3 Å². The molecule has 1 aromatic carbocycles. The van der Waals surface area contributed by atoms with Crippen molar-refractivity contribution in [2.24, 2.45) is 5.11 Å². The fraction of sp³-hybridized carbons (Fsp3) is 0.250. The molecule has 0 aromatic heterocycles. The van der Waals surface area contributed by atoms with Gasteiger partial charge >= 0.3 is 0 Å². The highest BCUT2D eigenvalue weighted by atomic mass is 16.3. The molecule has 0 heterocycles. The Balaban J connectivity index is 3.38. The summed E-state index contributed by atoms with van der Waals surface area (Å²) >= 11 is 0. The van der Waals surface area contributed by atoms with E-state index < -0.39 is 0 Å². The number of hydrogen-bond donors (Lipinski definition) is 3. The minimum Gasteiger partial charge on any atom is -0.508 e. The van der Waals surface area contributed by atoms with E-state index in [0.717, 1.165) is 0 Å². The highest BCUT2D eigenvalue weighted by Crippen LogP contribution is 2.36. The van der Waals surface area contributed by atoms with Gasteiger partial charge in [0.2, 0.25) is 0 Å². The average Bonchev–Trinajstić information content (AvgIpc) is 2.08. The minimum absolute atomic E-state index is 0.0698. The first-order chi connectivity index (χ1) is 5.70. The summed E-state index contributed by atoms with van der Waals surface area (Å²) in [5.41, 5.74) is 7.43. The van der Waals surface area contributed by atoms with Gasteiger partial charge in [-0.05, 0) is 18.6 Å². The third-order valence-electron chi connectivity index (χ3n) is 1.70. The Kier molecular flexibility index (Phi) is 2.28. The number of nitrogens with one attached hydrogen (secondary N) is 1. The number of aromatic hydroxyl groups is 2. The first-order valence-corrected chi connectivity index (χ1v) is 3.62. The summed E-state index contributed by atoms with van der Waals surface area (Å²) in [7, 11) is 0. The Morgan fingerprint density at radius 1 is 1.33 bits per heavy atom. The van der Waals surface area contributed by atoms with Gasteiger partial charge in [-0.1, -0.05) is 6.92 Å². The average molecular weight is 166 g/mol. The molecule has 0 radical (unpaired) electrons. The third kappa shape index (κ3) is 1.23. The number of phenolic OH excluding ortho intramolecular Hbond substituents is 2. The van der Waals surface area contributed by atoms with Crippen LogP contribution in [0.2, 0.25) is 0 Å². The number of nitrogens with zero attached hydrogens (tertiary/aromatic N) is 1. The van der Waals surface area contributed by atoms with Gasteiger partial charge < -0.3 is 10.2 Å². The SMILES string of the molecule is CCc1c(O)ccc(O)c1N=N. The monoisotopic (exact) mass is 166 g/mol. The van der Waals surface area contributed by atoms with Gasteiger partial charge in [-0.2, -0.15) is 5.11 Å². The molecule has 0 amide bonds. The topological polar surface area (TPSA) is 76.7 Å². The van der Waals surface area contributed by atoms with E-state index in [1.165, 1.54) is 12.1 Å². The number of hydrogen-bond acceptors (Lipinski definition) is 4. The molecule has 12 heavy (non-hydrogen) atoms. The molecule has 1 aromatic rings. The van der Waals surface area contributed by atoms with Crippen molar-refractivity contribution in [1.29, 1.82) is 5.53 Å². The lowest BCUT2D eigenvalue weighted by molar-refractivity contribution is 0.455. The van der Waals surface area contributed by atoms with E-state index in [2.05, 4.69) is 5.11 Å². The van der Waals surface area contributed by atoms with E-state index in [0.29, 0.717) is 12.0 Å². The van der Waals surface area contributed by atoms with Crippen LogP contribution in [0, 0.1) is 5.53 Å². The number of benzene rings is 1. The lowest BCUT2D eigenvalue weighted by atomic mass is 10.1. The largest absolute Gasteiger partial charge is 0.508 e. The lowest BCUT2D eigenvalue weighted by Gasteiger charge is -2.05. The van der Waals surface area contributed by atoms with E-state index in [4.69, 9.17) is 5.53 Å². The van der Waals surface area contributed by atoms with Crippen LogP contribution < -0.4 is 0 Å². The van der Waals surface area contributed by atoms with E-state index in [-0.39, 0.29) is 17.2 Å². The second-order valence-corrected chi connectivity index (χ2v) is 2.40. The third-order valence-corrected chi connectivity index (χ3v) is 1.70. The summed E-state index contributed by atoms with van der Waals surface area (Å²) in [6.07, 6.45) is 0.540. The van der Waals surface area contributed by atoms with E-state index in [1.54, 1.807) is 0 Å². The summed E-state index contributed by atoms with van der Waals surface area (Å²) < 4.78 is 0. The molecule has 0 saturated carbocycles. The maximum Gasteiger partial charge on any atom is 0.143 e. The van der Waals surface area contributed by atoms with Crippen molar-refractivity contribution >= 4 is 5.69 Å². The highest BCUT2D eigenvalue weighted by Gasteiger charge is 2.09. The van der Waals surface area contributed by atoms with E-state index in [1.807, 2.05) is 6.92 Å². The second-order valence-electron chi connectivity index (χ2n) is 2.40. The normalized spacial score (nSPS) is 9.75. The van der Waals surface area contributed by atoms with Crippen LogP contribution in [0.4, 0.5) is 5.69 Å². The molecule has 0 bridgehead atoms. The van der Waals surface area contributed by atoms with Crippen LogP contribution in [0.1, 0.15) is 12.5 Å². The zero-order valence-electron chi connectivity index (χ0n) is 6.70. The van der Waals surface area contributed by atoms with Crippen LogP contribution in [0.5, 0.6) is 11.5 Å². The zero-order valence-corrected chi connectivity index (χ0v) is 6.70. The Labute approximate surface area is 70.0 Å². The van der Waals surface area contributed by atoms with Crippen LogP contribution >= 0.6 is 0 Å². The molecule has 0 spiro atoms. The molecular formula is C8H10N2O2. The molecular weight excluding hydrogens is 156 g/mol. The second kappa shape index (κ2) is 3.21. The number of rotatable bonds is 2.